The van der Waals surface area contributed by atoms with E-state index in [1.54, 1.807) is 50.2 Å². The van der Waals surface area contributed by atoms with Crippen LogP contribution < -0.4 is 30.4 Å². The first-order valence-electron chi connectivity index (χ1n) is 12.2. The zero-order valence-electron chi connectivity index (χ0n) is 22.5. The number of ether oxygens (including phenoxy) is 4. The Balaban J connectivity index is 2.00. The van der Waals surface area contributed by atoms with E-state index >= 15 is 0 Å². The second-order valence-corrected chi connectivity index (χ2v) is 8.71. The van der Waals surface area contributed by atoms with E-state index in [9.17, 15) is 19.2 Å². The number of carbonyl (C=O) groups excluding carboxylic acids is 4. The summed E-state index contributed by atoms with van der Waals surface area (Å²) >= 11 is 0. The van der Waals surface area contributed by atoms with Gasteiger partial charge in [0.1, 0.15) is 0 Å². The molecule has 0 aliphatic rings. The Labute approximate surface area is 227 Å². The number of rotatable bonds is 14. The van der Waals surface area contributed by atoms with Crippen LogP contribution in [0.3, 0.4) is 0 Å². The number of benzene rings is 2. The molecule has 0 amide bonds. The lowest BCUT2D eigenvalue weighted by molar-refractivity contribution is -0.139. The second kappa shape index (κ2) is 15.2. The summed E-state index contributed by atoms with van der Waals surface area (Å²) in [5.74, 6) is -1.58. The fourth-order valence-electron chi connectivity index (χ4n) is 3.02. The van der Waals surface area contributed by atoms with Gasteiger partial charge in [0.25, 0.3) is 0 Å². The van der Waals surface area contributed by atoms with Crippen LogP contribution in [0, 0.1) is 11.8 Å². The topological polar surface area (TPSA) is 157 Å². The van der Waals surface area contributed by atoms with Crippen LogP contribution in [0.2, 0.25) is 0 Å². The minimum Gasteiger partial charge on any atom is -0.493 e. The summed E-state index contributed by atoms with van der Waals surface area (Å²) in [6.07, 6.45) is 5.31. The van der Waals surface area contributed by atoms with E-state index in [2.05, 4.69) is 0 Å². The van der Waals surface area contributed by atoms with Crippen LogP contribution in [0.5, 0.6) is 23.0 Å². The maximum Gasteiger partial charge on any atom is 0.315 e. The Morgan fingerprint density at radius 1 is 0.692 bits per heavy atom. The lowest BCUT2D eigenvalue weighted by atomic mass is 10.1. The van der Waals surface area contributed by atoms with Gasteiger partial charge in [0.2, 0.25) is 0 Å². The molecule has 0 heterocycles. The van der Waals surface area contributed by atoms with Crippen LogP contribution in [-0.2, 0) is 19.2 Å². The van der Waals surface area contributed by atoms with Crippen molar-refractivity contribution in [1.29, 1.82) is 0 Å². The molecule has 10 nitrogen and oxygen atoms in total. The van der Waals surface area contributed by atoms with Crippen LogP contribution in [0.25, 0.3) is 12.2 Å². The van der Waals surface area contributed by atoms with Crippen molar-refractivity contribution in [2.75, 3.05) is 27.3 Å². The van der Waals surface area contributed by atoms with Crippen molar-refractivity contribution in [2.45, 2.75) is 20.3 Å². The molecule has 2 rings (SSSR count). The molecule has 0 fully saturated rings. The monoisotopic (exact) mass is 538 g/mol. The number of carbonyl (C=O) groups is 4. The number of hydrogen-bond acceptors (Lipinski definition) is 10. The summed E-state index contributed by atoms with van der Waals surface area (Å²) in [7, 11) is 2.86. The summed E-state index contributed by atoms with van der Waals surface area (Å²) in [6, 6.07) is 9.61. The fraction of sp³-hybridized carbons (Fsp3) is 0.310. The quantitative estimate of drug-likeness (QED) is 0.159. The number of esters is 2. The van der Waals surface area contributed by atoms with Crippen molar-refractivity contribution in [1.82, 2.24) is 0 Å². The first-order valence-corrected chi connectivity index (χ1v) is 12.2. The third-order valence-corrected chi connectivity index (χ3v) is 5.58. The average Bonchev–Trinajstić information content (AvgIpc) is 2.94. The third kappa shape index (κ3) is 9.51. The van der Waals surface area contributed by atoms with Crippen LogP contribution in [0.1, 0.15) is 31.4 Å². The Hall–Kier alpha value is -4.28. The summed E-state index contributed by atoms with van der Waals surface area (Å²) in [5, 5.41) is 0. The largest absolute Gasteiger partial charge is 0.493 e. The number of ketones is 2. The van der Waals surface area contributed by atoms with Gasteiger partial charge in [-0.1, -0.05) is 38.1 Å². The number of methoxy groups -OCH3 is 2. The molecule has 2 aromatic carbocycles. The zero-order chi connectivity index (χ0) is 28.9. The smallest absolute Gasteiger partial charge is 0.315 e. The van der Waals surface area contributed by atoms with E-state index in [1.165, 1.54) is 38.5 Å². The van der Waals surface area contributed by atoms with Crippen molar-refractivity contribution in [3.8, 4) is 23.0 Å². The van der Waals surface area contributed by atoms with Gasteiger partial charge in [0.05, 0.1) is 32.5 Å². The SMILES string of the molecule is COc1cc(/C=C/C(=O)CC(=O)/C=C/c2ccc(OC(=O)C(C)CN)c(OC)c2)ccc1OC(=O)C(C)CN. The van der Waals surface area contributed by atoms with Gasteiger partial charge in [-0.25, -0.2) is 0 Å². The van der Waals surface area contributed by atoms with Crippen molar-refractivity contribution in [3.63, 3.8) is 0 Å². The maximum absolute atomic E-state index is 12.3. The van der Waals surface area contributed by atoms with Gasteiger partial charge in [-0.3, -0.25) is 19.2 Å². The van der Waals surface area contributed by atoms with Crippen LogP contribution in [0.4, 0.5) is 0 Å². The first kappa shape index (κ1) is 30.9. The van der Waals surface area contributed by atoms with Crippen LogP contribution in [-0.4, -0.2) is 50.8 Å². The van der Waals surface area contributed by atoms with E-state index in [-0.39, 0.29) is 31.0 Å². The van der Waals surface area contributed by atoms with Crippen molar-refractivity contribution >= 4 is 35.7 Å². The molecule has 0 saturated carbocycles. The van der Waals surface area contributed by atoms with E-state index in [1.807, 2.05) is 0 Å². The molecular weight excluding hydrogens is 504 g/mol. The van der Waals surface area contributed by atoms with Gasteiger partial charge in [-0.05, 0) is 47.5 Å². The van der Waals surface area contributed by atoms with Gasteiger partial charge in [0, 0.05) is 13.1 Å². The highest BCUT2D eigenvalue weighted by Crippen LogP contribution is 2.30. The van der Waals surface area contributed by atoms with E-state index < -0.39 is 35.3 Å². The fourth-order valence-corrected chi connectivity index (χ4v) is 3.02. The number of allylic oxidation sites excluding steroid dienone is 2. The van der Waals surface area contributed by atoms with Gasteiger partial charge in [0.15, 0.2) is 34.6 Å². The summed E-state index contributed by atoms with van der Waals surface area (Å²) in [5.41, 5.74) is 12.2. The van der Waals surface area contributed by atoms with Gasteiger partial charge < -0.3 is 30.4 Å². The lowest BCUT2D eigenvalue weighted by Gasteiger charge is -2.12. The van der Waals surface area contributed by atoms with Crippen LogP contribution >= 0.6 is 0 Å². The predicted molar refractivity (Wildman–Crippen MR) is 146 cm³/mol. The highest BCUT2D eigenvalue weighted by molar-refractivity contribution is 6.10. The number of hydrogen-bond donors (Lipinski definition) is 2. The zero-order valence-corrected chi connectivity index (χ0v) is 22.5. The average molecular weight is 539 g/mol. The van der Waals surface area contributed by atoms with E-state index in [4.69, 9.17) is 30.4 Å². The highest BCUT2D eigenvalue weighted by atomic mass is 16.6. The van der Waals surface area contributed by atoms with Crippen LogP contribution in [0.15, 0.2) is 48.6 Å². The molecule has 2 atom stereocenters. The minimum absolute atomic E-state index is 0.157. The Morgan fingerprint density at radius 2 is 1.08 bits per heavy atom. The molecule has 4 N–H and O–H groups in total. The molecule has 0 aromatic heterocycles. The molecule has 10 heteroatoms. The molecule has 0 saturated heterocycles. The predicted octanol–water partition coefficient (Wildman–Crippen LogP) is 2.96. The summed E-state index contributed by atoms with van der Waals surface area (Å²) in [4.78, 5) is 48.6. The first-order chi connectivity index (χ1) is 18.6. The molecule has 39 heavy (non-hydrogen) atoms. The molecule has 208 valence electrons. The van der Waals surface area contributed by atoms with Gasteiger partial charge in [-0.15, -0.1) is 0 Å². The number of nitrogens with two attached hydrogens (primary N) is 2. The van der Waals surface area contributed by atoms with Crippen molar-refractivity contribution in [3.05, 3.63) is 59.7 Å². The van der Waals surface area contributed by atoms with Gasteiger partial charge in [-0.2, -0.15) is 0 Å². The van der Waals surface area contributed by atoms with E-state index in [0.717, 1.165) is 0 Å². The normalized spacial score (nSPS) is 12.7. The standard InChI is InChI=1S/C29H34N2O8/c1-18(16-30)28(34)38-24-11-7-20(13-26(24)36-3)5-9-22(32)15-23(33)10-6-21-8-12-25(27(14-21)37-4)39-29(35)19(2)17-31/h5-14,18-19H,15-17,30-31H2,1-4H3/b9-5+,10-6+. The molecule has 0 spiro atoms. The molecule has 0 bridgehead atoms. The van der Waals surface area contributed by atoms with Gasteiger partial charge >= 0.3 is 11.9 Å². The van der Waals surface area contributed by atoms with Crippen molar-refractivity contribution in [2.24, 2.45) is 23.3 Å². The summed E-state index contributed by atoms with van der Waals surface area (Å²) < 4.78 is 21.2. The Bertz CT molecular complexity index is 1160. The molecule has 0 aliphatic heterocycles. The maximum atomic E-state index is 12.3. The Kier molecular flexibility index (Phi) is 12.1. The summed E-state index contributed by atoms with van der Waals surface area (Å²) in [6.45, 7) is 3.63. The van der Waals surface area contributed by atoms with Crippen molar-refractivity contribution < 1.29 is 38.1 Å². The Morgan fingerprint density at radius 3 is 1.41 bits per heavy atom. The highest BCUT2D eigenvalue weighted by Gasteiger charge is 2.17. The molecule has 0 radical (unpaired) electrons. The molecule has 2 unspecified atom stereocenters. The lowest BCUT2D eigenvalue weighted by Crippen LogP contribution is -2.25. The van der Waals surface area contributed by atoms with E-state index in [0.29, 0.717) is 22.6 Å². The molecule has 0 aliphatic carbocycles. The second-order valence-electron chi connectivity index (χ2n) is 8.71. The molecule has 2 aromatic rings. The molecular formula is C29H34N2O8. The third-order valence-electron chi connectivity index (χ3n) is 5.58. The minimum atomic E-state index is -0.476.